The van der Waals surface area contributed by atoms with Crippen LogP contribution in [0.1, 0.15) is 30.8 Å². The number of morpholine rings is 1. The van der Waals surface area contributed by atoms with E-state index < -0.39 is 6.04 Å². The summed E-state index contributed by atoms with van der Waals surface area (Å²) in [6.45, 7) is 6.30. The highest BCUT2D eigenvalue weighted by atomic mass is 16.5. The van der Waals surface area contributed by atoms with Crippen LogP contribution in [0.4, 0.5) is 0 Å². The maximum atomic E-state index is 12.6. The summed E-state index contributed by atoms with van der Waals surface area (Å²) in [6, 6.07) is 2.71. The van der Waals surface area contributed by atoms with E-state index in [0.717, 1.165) is 0 Å². The molecule has 2 rings (SSSR count). The molecule has 1 N–H and O–H groups in total. The van der Waals surface area contributed by atoms with E-state index in [4.69, 9.17) is 9.15 Å². The number of rotatable bonds is 5. The van der Waals surface area contributed by atoms with E-state index in [2.05, 4.69) is 5.32 Å². The number of amides is 2. The van der Waals surface area contributed by atoms with E-state index in [1.165, 1.54) is 6.26 Å². The molecule has 0 aliphatic carbocycles. The molecule has 6 heteroatoms. The zero-order valence-electron chi connectivity index (χ0n) is 12.5. The van der Waals surface area contributed by atoms with E-state index in [0.29, 0.717) is 38.6 Å². The molecule has 1 aliphatic heterocycles. The number of hydrogen-bond acceptors (Lipinski definition) is 4. The SMILES string of the molecule is CC(C)C[C@H](NC(=O)c1ccco1)C(=O)N1CCOCC1. The van der Waals surface area contributed by atoms with Crippen molar-refractivity contribution in [3.63, 3.8) is 0 Å². The minimum absolute atomic E-state index is 0.0492. The van der Waals surface area contributed by atoms with Gasteiger partial charge in [0.1, 0.15) is 6.04 Å². The lowest BCUT2D eigenvalue weighted by molar-refractivity contribution is -0.137. The molecule has 0 spiro atoms. The Balaban J connectivity index is 2.02. The fourth-order valence-electron chi connectivity index (χ4n) is 2.33. The Kier molecular flexibility index (Phi) is 5.38. The largest absolute Gasteiger partial charge is 0.459 e. The highest BCUT2D eigenvalue weighted by molar-refractivity contribution is 5.95. The average Bonchev–Trinajstić information content (AvgIpc) is 3.00. The van der Waals surface area contributed by atoms with Gasteiger partial charge in [0.25, 0.3) is 5.91 Å². The van der Waals surface area contributed by atoms with Gasteiger partial charge in [0.2, 0.25) is 5.91 Å². The van der Waals surface area contributed by atoms with Gasteiger partial charge in [0.15, 0.2) is 5.76 Å². The molecular weight excluding hydrogens is 272 g/mol. The van der Waals surface area contributed by atoms with Crippen molar-refractivity contribution in [3.05, 3.63) is 24.2 Å². The Morgan fingerprint density at radius 1 is 1.33 bits per heavy atom. The second-order valence-electron chi connectivity index (χ2n) is 5.57. The van der Waals surface area contributed by atoms with E-state index in [-0.39, 0.29) is 17.6 Å². The van der Waals surface area contributed by atoms with Crippen molar-refractivity contribution in [1.82, 2.24) is 10.2 Å². The minimum Gasteiger partial charge on any atom is -0.459 e. The Bertz CT molecular complexity index is 464. The third kappa shape index (κ3) is 4.32. The van der Waals surface area contributed by atoms with Crippen LogP contribution in [-0.2, 0) is 9.53 Å². The summed E-state index contributed by atoms with van der Waals surface area (Å²) in [4.78, 5) is 26.4. The molecule has 0 aromatic carbocycles. The lowest BCUT2D eigenvalue weighted by Gasteiger charge is -2.31. The molecule has 21 heavy (non-hydrogen) atoms. The number of carbonyl (C=O) groups is 2. The van der Waals surface area contributed by atoms with Crippen LogP contribution in [0.2, 0.25) is 0 Å². The minimum atomic E-state index is -0.527. The van der Waals surface area contributed by atoms with Crippen LogP contribution in [0, 0.1) is 5.92 Å². The van der Waals surface area contributed by atoms with Crippen molar-refractivity contribution in [2.45, 2.75) is 26.3 Å². The zero-order valence-corrected chi connectivity index (χ0v) is 12.5. The topological polar surface area (TPSA) is 71.8 Å². The summed E-state index contributed by atoms with van der Waals surface area (Å²) in [5.74, 6) is 0.120. The fourth-order valence-corrected chi connectivity index (χ4v) is 2.33. The molecule has 0 saturated carbocycles. The first-order chi connectivity index (χ1) is 10.1. The van der Waals surface area contributed by atoms with Gasteiger partial charge >= 0.3 is 0 Å². The third-order valence-electron chi connectivity index (χ3n) is 3.38. The van der Waals surface area contributed by atoms with E-state index in [9.17, 15) is 9.59 Å². The van der Waals surface area contributed by atoms with Crippen LogP contribution in [0.5, 0.6) is 0 Å². The number of ether oxygens (including phenoxy) is 1. The summed E-state index contributed by atoms with van der Waals surface area (Å²) in [5.41, 5.74) is 0. The summed E-state index contributed by atoms with van der Waals surface area (Å²) >= 11 is 0. The Morgan fingerprint density at radius 2 is 2.05 bits per heavy atom. The molecule has 2 amide bonds. The van der Waals surface area contributed by atoms with Crippen LogP contribution in [0.3, 0.4) is 0 Å². The summed E-state index contributed by atoms with van der Waals surface area (Å²) in [6.07, 6.45) is 2.04. The summed E-state index contributed by atoms with van der Waals surface area (Å²) in [7, 11) is 0. The van der Waals surface area contributed by atoms with Crippen LogP contribution in [0.15, 0.2) is 22.8 Å². The predicted octanol–water partition coefficient (Wildman–Crippen LogP) is 1.28. The first kappa shape index (κ1) is 15.6. The molecular formula is C15H22N2O4. The van der Waals surface area contributed by atoms with Crippen molar-refractivity contribution in [2.75, 3.05) is 26.3 Å². The van der Waals surface area contributed by atoms with Crippen molar-refractivity contribution < 1.29 is 18.7 Å². The van der Waals surface area contributed by atoms with Crippen molar-refractivity contribution >= 4 is 11.8 Å². The maximum absolute atomic E-state index is 12.6. The average molecular weight is 294 g/mol. The second kappa shape index (κ2) is 7.26. The van der Waals surface area contributed by atoms with Gasteiger partial charge in [-0.15, -0.1) is 0 Å². The molecule has 6 nitrogen and oxygen atoms in total. The zero-order chi connectivity index (χ0) is 15.2. The molecule has 0 unspecified atom stereocenters. The van der Waals surface area contributed by atoms with Crippen LogP contribution >= 0.6 is 0 Å². The Hall–Kier alpha value is -1.82. The van der Waals surface area contributed by atoms with Crippen molar-refractivity contribution in [1.29, 1.82) is 0 Å². The summed E-state index contributed by atoms with van der Waals surface area (Å²) in [5, 5.41) is 2.78. The van der Waals surface area contributed by atoms with Crippen molar-refractivity contribution in [3.8, 4) is 0 Å². The normalized spacial score (nSPS) is 16.8. The maximum Gasteiger partial charge on any atom is 0.287 e. The summed E-state index contributed by atoms with van der Waals surface area (Å²) < 4.78 is 10.3. The van der Waals surface area contributed by atoms with Gasteiger partial charge in [0.05, 0.1) is 19.5 Å². The monoisotopic (exact) mass is 294 g/mol. The lowest BCUT2D eigenvalue weighted by atomic mass is 10.0. The highest BCUT2D eigenvalue weighted by Gasteiger charge is 2.28. The van der Waals surface area contributed by atoms with Gasteiger partial charge in [-0.25, -0.2) is 0 Å². The molecule has 116 valence electrons. The number of nitrogens with zero attached hydrogens (tertiary/aromatic N) is 1. The molecule has 1 fully saturated rings. The standard InChI is InChI=1S/C15H22N2O4/c1-11(2)10-12(15(19)17-5-8-20-9-6-17)16-14(18)13-4-3-7-21-13/h3-4,7,11-12H,5-6,8-10H2,1-2H3,(H,16,18)/t12-/m0/s1. The van der Waals surface area contributed by atoms with Gasteiger partial charge in [0, 0.05) is 13.1 Å². The number of furan rings is 1. The van der Waals surface area contributed by atoms with Crippen LogP contribution < -0.4 is 5.32 Å². The highest BCUT2D eigenvalue weighted by Crippen LogP contribution is 2.11. The first-order valence-corrected chi connectivity index (χ1v) is 7.29. The quantitative estimate of drug-likeness (QED) is 0.888. The first-order valence-electron chi connectivity index (χ1n) is 7.29. The van der Waals surface area contributed by atoms with E-state index >= 15 is 0 Å². The van der Waals surface area contributed by atoms with Crippen LogP contribution in [-0.4, -0.2) is 49.1 Å². The fraction of sp³-hybridized carbons (Fsp3) is 0.600. The van der Waals surface area contributed by atoms with Gasteiger partial charge in [-0.2, -0.15) is 0 Å². The van der Waals surface area contributed by atoms with Crippen molar-refractivity contribution in [2.24, 2.45) is 5.92 Å². The van der Waals surface area contributed by atoms with Gasteiger partial charge in [-0.1, -0.05) is 13.8 Å². The lowest BCUT2D eigenvalue weighted by Crippen LogP contribution is -2.52. The smallest absolute Gasteiger partial charge is 0.287 e. The Labute approximate surface area is 124 Å². The van der Waals surface area contributed by atoms with Gasteiger partial charge in [-0.3, -0.25) is 9.59 Å². The molecule has 1 saturated heterocycles. The molecule has 1 aromatic rings. The molecule has 0 bridgehead atoms. The van der Waals surface area contributed by atoms with Gasteiger partial charge in [-0.05, 0) is 24.5 Å². The third-order valence-corrected chi connectivity index (χ3v) is 3.38. The molecule has 0 radical (unpaired) electrons. The molecule has 1 aliphatic rings. The number of nitrogens with one attached hydrogen (secondary N) is 1. The molecule has 2 heterocycles. The predicted molar refractivity (Wildman–Crippen MR) is 76.8 cm³/mol. The molecule has 1 aromatic heterocycles. The van der Waals surface area contributed by atoms with E-state index in [1.54, 1.807) is 17.0 Å². The second-order valence-corrected chi connectivity index (χ2v) is 5.57. The van der Waals surface area contributed by atoms with E-state index in [1.807, 2.05) is 13.8 Å². The Morgan fingerprint density at radius 3 is 2.62 bits per heavy atom. The van der Waals surface area contributed by atoms with Crippen LogP contribution in [0.25, 0.3) is 0 Å². The number of carbonyl (C=O) groups excluding carboxylic acids is 2. The van der Waals surface area contributed by atoms with Gasteiger partial charge < -0.3 is 19.4 Å². The molecule has 1 atom stereocenters. The number of hydrogen-bond donors (Lipinski definition) is 1.